The lowest BCUT2D eigenvalue weighted by Gasteiger charge is -2.67. The second-order valence-corrected chi connectivity index (χ2v) is 12.4. The van der Waals surface area contributed by atoms with Gasteiger partial charge in [-0.2, -0.15) is 4.98 Å². The number of rotatable bonds is 4. The van der Waals surface area contributed by atoms with Crippen LogP contribution in [0.5, 0.6) is 0 Å². The van der Waals surface area contributed by atoms with Gasteiger partial charge in [0.25, 0.3) is 0 Å². The molecular weight excluding hydrogens is 454 g/mol. The smallest absolute Gasteiger partial charge is 0.244 e. The van der Waals surface area contributed by atoms with Crippen LogP contribution in [0.3, 0.4) is 0 Å². The third-order valence-electron chi connectivity index (χ3n) is 9.66. The van der Waals surface area contributed by atoms with Crippen molar-refractivity contribution in [3.63, 3.8) is 0 Å². The zero-order chi connectivity index (χ0) is 24.3. The summed E-state index contributed by atoms with van der Waals surface area (Å²) in [5, 5.41) is 6.24. The summed E-state index contributed by atoms with van der Waals surface area (Å²) in [5.41, 5.74) is 2.40. The van der Waals surface area contributed by atoms with Crippen LogP contribution >= 0.6 is 0 Å². The van der Waals surface area contributed by atoms with Crippen molar-refractivity contribution in [1.82, 2.24) is 20.2 Å². The van der Waals surface area contributed by atoms with Gasteiger partial charge in [0, 0.05) is 67.7 Å². The second kappa shape index (κ2) is 6.76. The van der Waals surface area contributed by atoms with Crippen LogP contribution in [-0.2, 0) is 16.0 Å². The first-order valence-corrected chi connectivity index (χ1v) is 13.2. The van der Waals surface area contributed by atoms with E-state index in [0.717, 1.165) is 43.6 Å². The average molecular weight is 486 g/mol. The summed E-state index contributed by atoms with van der Waals surface area (Å²) in [6.07, 6.45) is 5.77. The Morgan fingerprint density at radius 1 is 1.06 bits per heavy atom. The second-order valence-electron chi connectivity index (χ2n) is 12.4. The number of hydrogen-bond acceptors (Lipinski definition) is 7. The molecule has 1 aromatic carbocycles. The molecule has 3 saturated heterocycles. The van der Waals surface area contributed by atoms with Gasteiger partial charge in [0.05, 0.1) is 5.54 Å². The van der Waals surface area contributed by atoms with Crippen molar-refractivity contribution in [2.45, 2.75) is 37.6 Å². The lowest BCUT2D eigenvalue weighted by atomic mass is 9.48. The molecule has 0 radical (unpaired) electrons. The van der Waals surface area contributed by atoms with Crippen LogP contribution in [0.25, 0.3) is 0 Å². The van der Waals surface area contributed by atoms with Gasteiger partial charge in [-0.3, -0.25) is 14.5 Å². The SMILES string of the molecule is CN1CC2(C1)CN(c1ccc(Nc3ncc4c(n3)N(C35CC(C3)C5)C(=O)[C@]3(CCNC3=O)C4)cc1)C2. The number of nitrogens with one attached hydrogen (secondary N) is 2. The minimum absolute atomic E-state index is 0.0675. The van der Waals surface area contributed by atoms with Crippen molar-refractivity contribution in [2.75, 3.05) is 54.9 Å². The molecule has 36 heavy (non-hydrogen) atoms. The Kier molecular flexibility index (Phi) is 3.93. The molecule has 2 bridgehead atoms. The first-order chi connectivity index (χ1) is 17.4. The van der Waals surface area contributed by atoms with E-state index >= 15 is 0 Å². The van der Waals surface area contributed by atoms with Gasteiger partial charge in [0.2, 0.25) is 17.8 Å². The topological polar surface area (TPSA) is 93.7 Å². The van der Waals surface area contributed by atoms with Crippen molar-refractivity contribution in [3.8, 4) is 0 Å². The molecule has 1 aromatic heterocycles. The van der Waals surface area contributed by atoms with Crippen molar-refractivity contribution in [2.24, 2.45) is 16.7 Å². The Balaban J connectivity index is 1.05. The van der Waals surface area contributed by atoms with Gasteiger partial charge in [0.1, 0.15) is 11.2 Å². The number of benzene rings is 1. The van der Waals surface area contributed by atoms with E-state index < -0.39 is 5.41 Å². The standard InChI is InChI=1S/C27H31N7O2/c1-32-13-25(14-32)15-33(16-25)20-4-2-19(3-5-20)30-24-29-12-18-11-27(6-7-28-22(27)35)23(36)34(21(18)31-24)26-8-17(9-26)10-26/h2-5,12,17H,6-11,13-16H2,1H3,(H,28,35)(H,29,30,31)/t17?,26?,27-/m1/s1. The average Bonchev–Trinajstić information content (AvgIpc) is 3.12. The lowest BCUT2D eigenvalue weighted by Crippen LogP contribution is -2.73. The van der Waals surface area contributed by atoms with Crippen LogP contribution in [0.2, 0.25) is 0 Å². The highest BCUT2D eigenvalue weighted by atomic mass is 16.2. The van der Waals surface area contributed by atoms with Crippen molar-refractivity contribution in [1.29, 1.82) is 0 Å². The molecule has 5 heterocycles. The Morgan fingerprint density at radius 3 is 2.42 bits per heavy atom. The van der Waals surface area contributed by atoms with E-state index in [-0.39, 0.29) is 17.4 Å². The summed E-state index contributed by atoms with van der Waals surface area (Å²) in [7, 11) is 2.19. The molecule has 2 aromatic rings. The van der Waals surface area contributed by atoms with E-state index in [1.807, 2.05) is 11.1 Å². The summed E-state index contributed by atoms with van der Waals surface area (Å²) in [5.74, 6) is 1.67. The number of anilines is 4. The molecule has 9 rings (SSSR count). The number of likely N-dealkylation sites (tertiary alicyclic amines) is 1. The van der Waals surface area contributed by atoms with Gasteiger partial charge in [-0.25, -0.2) is 4.98 Å². The third-order valence-corrected chi connectivity index (χ3v) is 9.66. The van der Waals surface area contributed by atoms with E-state index in [1.54, 1.807) is 0 Å². The third kappa shape index (κ3) is 2.69. The molecule has 7 aliphatic rings. The highest BCUT2D eigenvalue weighted by Crippen LogP contribution is 2.63. The molecule has 186 valence electrons. The number of aromatic nitrogens is 2. The highest BCUT2D eigenvalue weighted by Gasteiger charge is 2.67. The van der Waals surface area contributed by atoms with E-state index in [0.29, 0.717) is 42.5 Å². The predicted octanol–water partition coefficient (Wildman–Crippen LogP) is 1.92. The van der Waals surface area contributed by atoms with Gasteiger partial charge in [-0.1, -0.05) is 0 Å². The Labute approximate surface area is 210 Å². The predicted molar refractivity (Wildman–Crippen MR) is 135 cm³/mol. The van der Waals surface area contributed by atoms with Crippen molar-refractivity contribution in [3.05, 3.63) is 36.0 Å². The minimum Gasteiger partial charge on any atom is -0.370 e. The summed E-state index contributed by atoms with van der Waals surface area (Å²) < 4.78 is 0. The molecule has 2 spiro atoms. The number of carbonyl (C=O) groups excluding carboxylic acids is 2. The molecule has 2 amide bonds. The quantitative estimate of drug-likeness (QED) is 0.639. The van der Waals surface area contributed by atoms with Gasteiger partial charge < -0.3 is 20.4 Å². The zero-order valence-electron chi connectivity index (χ0n) is 20.6. The molecule has 9 heteroatoms. The Morgan fingerprint density at radius 2 is 1.81 bits per heavy atom. The normalized spacial score (nSPS) is 33.4. The van der Waals surface area contributed by atoms with Crippen molar-refractivity contribution < 1.29 is 9.59 Å². The zero-order valence-corrected chi connectivity index (χ0v) is 20.6. The molecule has 3 saturated carbocycles. The van der Waals surface area contributed by atoms with E-state index in [9.17, 15) is 9.59 Å². The van der Waals surface area contributed by atoms with Crippen molar-refractivity contribution >= 4 is 35.0 Å². The number of nitrogens with zero attached hydrogens (tertiary/aromatic N) is 5. The van der Waals surface area contributed by atoms with Gasteiger partial charge >= 0.3 is 0 Å². The molecule has 0 unspecified atom stereocenters. The Bertz CT molecular complexity index is 1280. The number of hydrogen-bond donors (Lipinski definition) is 2. The monoisotopic (exact) mass is 485 g/mol. The molecule has 3 aliphatic carbocycles. The van der Waals surface area contributed by atoms with Crippen LogP contribution in [0.15, 0.2) is 30.5 Å². The van der Waals surface area contributed by atoms with Crippen LogP contribution in [0.1, 0.15) is 31.2 Å². The highest BCUT2D eigenvalue weighted by molar-refractivity contribution is 6.15. The maximum atomic E-state index is 13.9. The maximum absolute atomic E-state index is 13.9. The van der Waals surface area contributed by atoms with Gasteiger partial charge in [-0.15, -0.1) is 0 Å². The molecule has 2 N–H and O–H groups in total. The molecule has 6 fully saturated rings. The van der Waals surface area contributed by atoms with E-state index in [1.165, 1.54) is 18.8 Å². The summed E-state index contributed by atoms with van der Waals surface area (Å²) in [6.45, 7) is 5.21. The van der Waals surface area contributed by atoms with Crippen LogP contribution in [0.4, 0.5) is 23.1 Å². The molecule has 4 aliphatic heterocycles. The molecule has 9 nitrogen and oxygen atoms in total. The summed E-state index contributed by atoms with van der Waals surface area (Å²) in [6, 6.07) is 8.43. The van der Waals surface area contributed by atoms with E-state index in [4.69, 9.17) is 4.98 Å². The van der Waals surface area contributed by atoms with Gasteiger partial charge in [0.15, 0.2) is 0 Å². The van der Waals surface area contributed by atoms with Crippen LogP contribution < -0.4 is 20.4 Å². The summed E-state index contributed by atoms with van der Waals surface area (Å²) in [4.78, 5) is 42.8. The largest absolute Gasteiger partial charge is 0.370 e. The van der Waals surface area contributed by atoms with Crippen LogP contribution in [0, 0.1) is 16.7 Å². The lowest BCUT2D eigenvalue weighted by molar-refractivity contribution is -0.144. The maximum Gasteiger partial charge on any atom is 0.244 e. The molecular formula is C27H31N7O2. The first-order valence-electron chi connectivity index (χ1n) is 13.2. The Hall–Kier alpha value is -3.20. The molecule has 1 atom stereocenters. The van der Waals surface area contributed by atoms with Crippen LogP contribution in [-0.4, -0.2) is 72.0 Å². The number of carbonyl (C=O) groups is 2. The fourth-order valence-corrected chi connectivity index (χ4v) is 7.81. The van der Waals surface area contributed by atoms with E-state index in [2.05, 4.69) is 56.7 Å². The number of amides is 2. The van der Waals surface area contributed by atoms with Gasteiger partial charge in [-0.05, 0) is 62.9 Å². The summed E-state index contributed by atoms with van der Waals surface area (Å²) >= 11 is 0. The fraction of sp³-hybridized carbons (Fsp3) is 0.556. The minimum atomic E-state index is -0.999. The fourth-order valence-electron chi connectivity index (χ4n) is 7.81. The number of fused-ring (bicyclic) bond motifs is 1. The first kappa shape index (κ1) is 20.9.